The van der Waals surface area contributed by atoms with Crippen molar-refractivity contribution in [1.29, 1.82) is 0 Å². The second-order valence-electron chi connectivity index (χ2n) is 8.76. The number of carbonyl (C=O) groups excluding carboxylic acids is 2. The summed E-state index contributed by atoms with van der Waals surface area (Å²) < 4.78 is 5.60. The maximum Gasteiger partial charge on any atom is 0.410 e. The number of hydrogen-bond acceptors (Lipinski definition) is 3. The zero-order valence-corrected chi connectivity index (χ0v) is 14.8. The molecule has 2 bridgehead atoms. The van der Waals surface area contributed by atoms with Gasteiger partial charge in [0.15, 0.2) is 0 Å². The van der Waals surface area contributed by atoms with E-state index in [1.165, 1.54) is 19.3 Å². The SMILES string of the molecule is CC(C)(C)OC(=O)N1C2CCCC1CC(C(=O)CC1CCC1)C2. The molecule has 3 aliphatic rings. The standard InChI is InChI=1S/C19H31NO3/c1-19(2,3)23-18(22)20-15-8-5-9-16(20)12-14(11-15)17(21)10-13-6-4-7-13/h13-16H,4-12H2,1-3H3. The fraction of sp³-hybridized carbons (Fsp3) is 0.895. The van der Waals surface area contributed by atoms with Gasteiger partial charge in [-0.2, -0.15) is 0 Å². The summed E-state index contributed by atoms with van der Waals surface area (Å²) in [4.78, 5) is 27.1. The van der Waals surface area contributed by atoms with Crippen LogP contribution in [0, 0.1) is 11.8 Å². The highest BCUT2D eigenvalue weighted by Gasteiger charge is 2.44. The van der Waals surface area contributed by atoms with Crippen LogP contribution in [0.25, 0.3) is 0 Å². The molecular weight excluding hydrogens is 290 g/mol. The van der Waals surface area contributed by atoms with Crippen molar-refractivity contribution < 1.29 is 14.3 Å². The van der Waals surface area contributed by atoms with Crippen LogP contribution in [0.1, 0.15) is 78.6 Å². The third-order valence-corrected chi connectivity index (χ3v) is 5.75. The van der Waals surface area contributed by atoms with Crippen LogP contribution in [-0.4, -0.2) is 34.5 Å². The summed E-state index contributed by atoms with van der Waals surface area (Å²) in [6.07, 6.45) is 9.24. The molecule has 3 rings (SSSR count). The molecular formula is C19H31NO3. The van der Waals surface area contributed by atoms with E-state index in [0.29, 0.717) is 11.7 Å². The molecule has 2 atom stereocenters. The molecule has 2 aliphatic heterocycles. The van der Waals surface area contributed by atoms with Crippen molar-refractivity contribution >= 4 is 11.9 Å². The zero-order chi connectivity index (χ0) is 16.6. The van der Waals surface area contributed by atoms with Crippen molar-refractivity contribution in [2.45, 2.75) is 96.2 Å². The third-order valence-electron chi connectivity index (χ3n) is 5.75. The van der Waals surface area contributed by atoms with Gasteiger partial charge in [-0.3, -0.25) is 4.79 Å². The summed E-state index contributed by atoms with van der Waals surface area (Å²) in [6.45, 7) is 5.74. The molecule has 2 unspecified atom stereocenters. The Labute approximate surface area is 139 Å². The van der Waals surface area contributed by atoms with E-state index in [9.17, 15) is 9.59 Å². The van der Waals surface area contributed by atoms with E-state index < -0.39 is 5.60 Å². The van der Waals surface area contributed by atoms with Crippen LogP contribution in [0.2, 0.25) is 0 Å². The average molecular weight is 321 g/mol. The largest absolute Gasteiger partial charge is 0.444 e. The number of rotatable bonds is 3. The Morgan fingerprint density at radius 2 is 1.57 bits per heavy atom. The van der Waals surface area contributed by atoms with Gasteiger partial charge in [0.2, 0.25) is 0 Å². The Morgan fingerprint density at radius 3 is 2.04 bits per heavy atom. The molecule has 1 saturated carbocycles. The van der Waals surface area contributed by atoms with Crippen LogP contribution in [0.4, 0.5) is 4.79 Å². The fourth-order valence-corrected chi connectivity index (χ4v) is 4.41. The molecule has 4 nitrogen and oxygen atoms in total. The van der Waals surface area contributed by atoms with Crippen LogP contribution in [0.15, 0.2) is 0 Å². The van der Waals surface area contributed by atoms with Crippen molar-refractivity contribution in [2.24, 2.45) is 11.8 Å². The highest BCUT2D eigenvalue weighted by Crippen LogP contribution is 2.40. The predicted molar refractivity (Wildman–Crippen MR) is 89.2 cm³/mol. The second kappa shape index (κ2) is 6.45. The van der Waals surface area contributed by atoms with Crippen molar-refractivity contribution in [2.75, 3.05) is 0 Å². The van der Waals surface area contributed by atoms with Gasteiger partial charge in [-0.25, -0.2) is 4.79 Å². The number of piperidine rings is 2. The molecule has 23 heavy (non-hydrogen) atoms. The van der Waals surface area contributed by atoms with E-state index >= 15 is 0 Å². The Hall–Kier alpha value is -1.06. The minimum Gasteiger partial charge on any atom is -0.444 e. The van der Waals surface area contributed by atoms with E-state index in [4.69, 9.17) is 4.74 Å². The van der Waals surface area contributed by atoms with Crippen LogP contribution < -0.4 is 0 Å². The smallest absolute Gasteiger partial charge is 0.410 e. The molecule has 2 heterocycles. The first-order valence-electron chi connectivity index (χ1n) is 9.37. The molecule has 0 N–H and O–H groups in total. The molecule has 0 radical (unpaired) electrons. The summed E-state index contributed by atoms with van der Waals surface area (Å²) in [6, 6.07) is 0.403. The predicted octanol–water partition coefficient (Wildman–Crippen LogP) is 4.31. The van der Waals surface area contributed by atoms with Gasteiger partial charge < -0.3 is 9.64 Å². The van der Waals surface area contributed by atoms with Gasteiger partial charge in [0.05, 0.1) is 0 Å². The first-order valence-corrected chi connectivity index (χ1v) is 9.37. The number of carbonyl (C=O) groups is 2. The molecule has 1 amide bonds. The second-order valence-corrected chi connectivity index (χ2v) is 8.76. The average Bonchev–Trinajstić information content (AvgIpc) is 2.39. The number of amides is 1. The highest BCUT2D eigenvalue weighted by molar-refractivity contribution is 5.82. The zero-order valence-electron chi connectivity index (χ0n) is 14.8. The topological polar surface area (TPSA) is 46.6 Å². The lowest BCUT2D eigenvalue weighted by Crippen LogP contribution is -2.56. The number of Topliss-reactive ketones (excluding diaryl/α,β-unsaturated/α-hetero) is 1. The summed E-state index contributed by atoms with van der Waals surface area (Å²) in [5, 5.41) is 0. The first kappa shape index (κ1) is 16.8. The van der Waals surface area contributed by atoms with Crippen LogP contribution >= 0.6 is 0 Å². The van der Waals surface area contributed by atoms with E-state index in [0.717, 1.165) is 38.5 Å². The summed E-state index contributed by atoms with van der Waals surface area (Å²) in [5.74, 6) is 1.27. The molecule has 0 aromatic heterocycles. The van der Waals surface area contributed by atoms with Gasteiger partial charge in [-0.05, 0) is 58.8 Å². The number of ketones is 1. The molecule has 4 heteroatoms. The molecule has 1 aliphatic carbocycles. The lowest BCUT2D eigenvalue weighted by molar-refractivity contribution is -0.128. The Bertz CT molecular complexity index is 450. The fourth-order valence-electron chi connectivity index (χ4n) is 4.41. The maximum absolute atomic E-state index is 12.6. The maximum atomic E-state index is 12.6. The van der Waals surface area contributed by atoms with Crippen molar-refractivity contribution in [3.05, 3.63) is 0 Å². The highest BCUT2D eigenvalue weighted by atomic mass is 16.6. The van der Waals surface area contributed by atoms with Gasteiger partial charge in [-0.15, -0.1) is 0 Å². The Kier molecular flexibility index (Phi) is 4.70. The van der Waals surface area contributed by atoms with Gasteiger partial charge in [0.25, 0.3) is 0 Å². The van der Waals surface area contributed by atoms with Gasteiger partial charge in [-0.1, -0.05) is 19.3 Å². The van der Waals surface area contributed by atoms with Gasteiger partial charge in [0.1, 0.15) is 11.4 Å². The molecule has 0 spiro atoms. The minimum absolute atomic E-state index is 0.171. The monoisotopic (exact) mass is 321 g/mol. The number of hydrogen-bond donors (Lipinski definition) is 0. The van der Waals surface area contributed by atoms with Crippen LogP contribution in [0.3, 0.4) is 0 Å². The minimum atomic E-state index is -0.456. The molecule has 0 aromatic rings. The van der Waals surface area contributed by atoms with Crippen molar-refractivity contribution in [3.8, 4) is 0 Å². The van der Waals surface area contributed by atoms with Gasteiger partial charge in [0, 0.05) is 24.4 Å². The Balaban J connectivity index is 1.63. The summed E-state index contributed by atoms with van der Waals surface area (Å²) >= 11 is 0. The van der Waals surface area contributed by atoms with Crippen LogP contribution in [-0.2, 0) is 9.53 Å². The third kappa shape index (κ3) is 3.89. The molecule has 2 saturated heterocycles. The van der Waals surface area contributed by atoms with E-state index in [1.807, 2.05) is 25.7 Å². The lowest BCUT2D eigenvalue weighted by Gasteiger charge is -2.48. The number of ether oxygens (including phenoxy) is 1. The summed E-state index contributed by atoms with van der Waals surface area (Å²) in [5.41, 5.74) is -0.456. The quantitative estimate of drug-likeness (QED) is 0.778. The lowest BCUT2D eigenvalue weighted by atomic mass is 9.73. The van der Waals surface area contributed by atoms with E-state index in [-0.39, 0.29) is 24.1 Å². The first-order chi connectivity index (χ1) is 10.8. The van der Waals surface area contributed by atoms with E-state index in [2.05, 4.69) is 0 Å². The van der Waals surface area contributed by atoms with Crippen molar-refractivity contribution in [3.63, 3.8) is 0 Å². The molecule has 0 aromatic carbocycles. The number of nitrogens with zero attached hydrogens (tertiary/aromatic N) is 1. The van der Waals surface area contributed by atoms with Crippen LogP contribution in [0.5, 0.6) is 0 Å². The van der Waals surface area contributed by atoms with E-state index in [1.54, 1.807) is 0 Å². The number of fused-ring (bicyclic) bond motifs is 2. The summed E-state index contributed by atoms with van der Waals surface area (Å²) in [7, 11) is 0. The normalized spacial score (nSPS) is 31.4. The van der Waals surface area contributed by atoms with Gasteiger partial charge >= 0.3 is 6.09 Å². The Morgan fingerprint density at radius 1 is 1.00 bits per heavy atom. The molecule has 3 fully saturated rings. The molecule has 130 valence electrons. The van der Waals surface area contributed by atoms with Crippen molar-refractivity contribution in [1.82, 2.24) is 4.90 Å².